The van der Waals surface area contributed by atoms with Crippen LogP contribution in [0.2, 0.25) is 0 Å². The van der Waals surface area contributed by atoms with Crippen molar-refractivity contribution in [2.24, 2.45) is 10.9 Å². The number of aliphatic hydroxyl groups is 4. The lowest BCUT2D eigenvalue weighted by Crippen LogP contribution is -2.30. The minimum absolute atomic E-state index is 0.0311. The van der Waals surface area contributed by atoms with Gasteiger partial charge < -0.3 is 47.2 Å². The summed E-state index contributed by atoms with van der Waals surface area (Å²) in [5.41, 5.74) is 13.2. The number of ketones is 2. The van der Waals surface area contributed by atoms with Crippen LogP contribution in [-0.4, -0.2) is 103 Å². The van der Waals surface area contributed by atoms with E-state index in [4.69, 9.17) is 36.8 Å². The van der Waals surface area contributed by atoms with Gasteiger partial charge in [-0.1, -0.05) is 59.8 Å². The topological polar surface area (TPSA) is 293 Å². The molecule has 26 heteroatoms. The van der Waals surface area contributed by atoms with Crippen LogP contribution in [0.15, 0.2) is 187 Å². The molecule has 95 heavy (non-hydrogen) atoms. The number of benzene rings is 9. The molecule has 9 aromatic carbocycles. The van der Waals surface area contributed by atoms with E-state index in [1.807, 2.05) is 55.5 Å². The highest BCUT2D eigenvalue weighted by Gasteiger charge is 2.18. The van der Waals surface area contributed by atoms with Gasteiger partial charge in [0, 0.05) is 33.9 Å². The number of H-pyrrole nitrogens is 1. The molecule has 1 aromatic heterocycles. The number of aromatic nitrogens is 2. The first-order chi connectivity index (χ1) is 45.2. The number of carbonyl (C=O) groups is 4. The maximum atomic E-state index is 13.5. The monoisotopic (exact) mass is 1320 g/mol. The third-order valence-electron chi connectivity index (χ3n) is 13.4. The van der Waals surface area contributed by atoms with E-state index in [1.165, 1.54) is 37.4 Å². The van der Waals surface area contributed by atoms with E-state index < -0.39 is 108 Å². The SMILES string of the molecule is CC(=O)c1ccc(F)c(F)c1.Cc1ccc(-c2cccc(C(=O)O)c2)cc1C=N.NC(CO)c1ccc(F)c(F)c1.O=C(CO)c1ccc(F)c(F)c1.O=C(NC(CO)c1ccc(F)c(F)c1)c1cccc(-c2ccc3[nH]ncc3c2)c1.OC/C(=N\O)c1ccc(F)c(F)c1. The molecule has 0 aliphatic heterocycles. The van der Waals surface area contributed by atoms with Gasteiger partial charge in [0.05, 0.1) is 49.2 Å². The molecule has 0 saturated heterocycles. The molecule has 0 saturated carbocycles. The molecule has 16 nitrogen and oxygen atoms in total. The highest BCUT2D eigenvalue weighted by Crippen LogP contribution is 2.27. The van der Waals surface area contributed by atoms with Gasteiger partial charge in [-0.2, -0.15) is 5.10 Å². The Balaban J connectivity index is 0.000000216. The Bertz CT molecular complexity index is 4360. The van der Waals surface area contributed by atoms with Crippen molar-refractivity contribution in [2.45, 2.75) is 25.9 Å². The molecule has 0 bridgehead atoms. The molecule has 10 aromatic rings. The van der Waals surface area contributed by atoms with E-state index in [1.54, 1.807) is 42.6 Å². The summed E-state index contributed by atoms with van der Waals surface area (Å²) in [7, 11) is 0. The number of rotatable bonds is 15. The van der Waals surface area contributed by atoms with E-state index in [-0.39, 0.29) is 45.9 Å². The zero-order valence-electron chi connectivity index (χ0n) is 49.9. The van der Waals surface area contributed by atoms with Crippen LogP contribution < -0.4 is 11.1 Å². The fourth-order valence-corrected chi connectivity index (χ4v) is 8.16. The number of oxime groups is 1. The normalized spacial score (nSPS) is 11.2. The lowest BCUT2D eigenvalue weighted by Gasteiger charge is -2.17. The molecule has 2 unspecified atom stereocenters. The van der Waals surface area contributed by atoms with Gasteiger partial charge in [-0.15, -0.1) is 0 Å². The number of Topliss-reactive ketones (excluding diaryl/α,β-unsaturated/α-hetero) is 2. The average molecular weight is 1320 g/mol. The third-order valence-corrected chi connectivity index (χ3v) is 13.4. The Kier molecular flexibility index (Phi) is 28.5. The van der Waals surface area contributed by atoms with Crippen molar-refractivity contribution in [2.75, 3.05) is 26.4 Å². The molecular weight excluding hydrogens is 1260 g/mol. The van der Waals surface area contributed by atoms with Crippen molar-refractivity contribution in [1.29, 1.82) is 5.41 Å². The number of aliphatic hydroxyl groups excluding tert-OH is 4. The van der Waals surface area contributed by atoms with Crippen molar-refractivity contribution in [3.63, 3.8) is 0 Å². The molecule has 10 rings (SSSR count). The number of hydrogen-bond donors (Lipinski definition) is 10. The Hall–Kier alpha value is -11.0. The van der Waals surface area contributed by atoms with Gasteiger partial charge in [0.15, 0.2) is 69.7 Å². The molecule has 1 heterocycles. The summed E-state index contributed by atoms with van der Waals surface area (Å²) in [6.07, 6.45) is 3.03. The maximum Gasteiger partial charge on any atom is 0.335 e. The number of nitrogens with zero attached hydrogens (tertiary/aromatic N) is 2. The number of hydrogen-bond acceptors (Lipinski definition) is 13. The summed E-state index contributed by atoms with van der Waals surface area (Å²) in [5.74, 6) is -12.2. The number of aromatic carboxylic acids is 1. The Morgan fingerprint density at radius 3 is 1.52 bits per heavy atom. The lowest BCUT2D eigenvalue weighted by atomic mass is 9.99. The molecule has 0 fully saturated rings. The fourth-order valence-electron chi connectivity index (χ4n) is 8.16. The number of aromatic amines is 1. The van der Waals surface area contributed by atoms with Crippen molar-refractivity contribution < 1.29 is 93.8 Å². The minimum Gasteiger partial charge on any atom is -0.478 e. The van der Waals surface area contributed by atoms with Crippen LogP contribution in [0, 0.1) is 70.5 Å². The number of carboxylic acid groups (broad SMARTS) is 1. The minimum atomic E-state index is -1.09. The van der Waals surface area contributed by atoms with Gasteiger partial charge in [0.2, 0.25) is 0 Å². The van der Waals surface area contributed by atoms with Gasteiger partial charge in [-0.05, 0) is 180 Å². The van der Waals surface area contributed by atoms with E-state index in [2.05, 4.69) is 20.7 Å². The van der Waals surface area contributed by atoms with Gasteiger partial charge >= 0.3 is 5.97 Å². The number of carbonyl (C=O) groups excluding carboxylic acids is 3. The number of nitrogens with two attached hydrogens (primary N) is 1. The highest BCUT2D eigenvalue weighted by molar-refractivity contribution is 6.01. The summed E-state index contributed by atoms with van der Waals surface area (Å²) in [4.78, 5) is 45.0. The van der Waals surface area contributed by atoms with E-state index in [0.717, 1.165) is 111 Å². The Morgan fingerprint density at radius 1 is 0.537 bits per heavy atom. The van der Waals surface area contributed by atoms with Crippen molar-refractivity contribution in [3.05, 3.63) is 290 Å². The summed E-state index contributed by atoms with van der Waals surface area (Å²) < 4.78 is 126. The largest absolute Gasteiger partial charge is 0.478 e. The molecular formula is C69H58F10N6O10. The molecule has 1 amide bonds. The second kappa shape index (κ2) is 36.3. The van der Waals surface area contributed by atoms with Crippen LogP contribution in [0.4, 0.5) is 43.9 Å². The molecule has 2 atom stereocenters. The van der Waals surface area contributed by atoms with Crippen molar-refractivity contribution in [3.8, 4) is 22.3 Å². The number of carboxylic acids is 1. The first-order valence-corrected chi connectivity index (χ1v) is 27.7. The molecule has 0 aliphatic rings. The smallest absolute Gasteiger partial charge is 0.335 e. The predicted molar refractivity (Wildman–Crippen MR) is 333 cm³/mol. The second-order valence-electron chi connectivity index (χ2n) is 19.9. The van der Waals surface area contributed by atoms with Crippen LogP contribution in [0.5, 0.6) is 0 Å². The van der Waals surface area contributed by atoms with Gasteiger partial charge in [-0.3, -0.25) is 19.5 Å². The van der Waals surface area contributed by atoms with E-state index >= 15 is 0 Å². The van der Waals surface area contributed by atoms with Crippen LogP contribution >= 0.6 is 0 Å². The zero-order valence-corrected chi connectivity index (χ0v) is 49.9. The predicted octanol–water partition coefficient (Wildman–Crippen LogP) is 12.7. The maximum absolute atomic E-state index is 13.5. The van der Waals surface area contributed by atoms with E-state index in [9.17, 15) is 68.2 Å². The van der Waals surface area contributed by atoms with E-state index in [0.29, 0.717) is 11.1 Å². The summed E-state index contributed by atoms with van der Waals surface area (Å²) in [6.45, 7) is 1.26. The summed E-state index contributed by atoms with van der Waals surface area (Å²) in [6, 6.07) is 39.2. The average Bonchev–Trinajstić information content (AvgIpc) is 1.83. The number of halogens is 10. The summed E-state index contributed by atoms with van der Waals surface area (Å²) in [5, 5.41) is 73.1. The van der Waals surface area contributed by atoms with Crippen molar-refractivity contribution >= 4 is 46.3 Å². The standard InChI is InChI=1S/C22H17F2N3O2.C15H13NO2.C8H7F2NO2.C8H9F2NO.C8H6F2O2.C8H6F2O/c23-18-6-4-15(10-19(18)24)21(12-28)26-22(29)16-3-1-2-13(8-16)14-5-7-20-17(9-14)11-25-27-20;1-10-5-6-12(8-14(10)9-16)11-3-2-4-13(7-11)15(17)18;9-6-2-1-5(3-7(6)10)8(4-12)11-13;9-6-2-1-5(3-7(6)10)8(11)4-12;9-6-2-1-5(3-7(6)10)8(12)4-11;1-5(11)6-2-3-7(9)8(10)4-6/h1-11,21,28H,12H2,(H,25,27)(H,26,29);2-9,16H,1H3,(H,17,18);1-3,12-13H,4H2;1-3,8,12H,4,11H2;1-3,11H,4H2;2-4H,1H3/b;;11-8+;;;. The number of nitrogens with one attached hydrogen (secondary N) is 3. The molecule has 11 N–H and O–H groups in total. The number of aryl methyl sites for hydroxylation is 1. The third kappa shape index (κ3) is 21.8. The summed E-state index contributed by atoms with van der Waals surface area (Å²) >= 11 is 0. The Labute approximate surface area is 535 Å². The second-order valence-corrected chi connectivity index (χ2v) is 19.9. The zero-order chi connectivity index (χ0) is 70.1. The first kappa shape index (κ1) is 74.7. The van der Waals surface area contributed by atoms with Gasteiger partial charge in [-0.25, -0.2) is 48.7 Å². The van der Waals surface area contributed by atoms with Crippen LogP contribution in [0.1, 0.15) is 88.3 Å². The molecule has 0 radical (unpaired) electrons. The number of amides is 1. The van der Waals surface area contributed by atoms with Crippen LogP contribution in [0.25, 0.3) is 33.2 Å². The lowest BCUT2D eigenvalue weighted by molar-refractivity contribution is 0.0696. The van der Waals surface area contributed by atoms with Crippen LogP contribution in [0.3, 0.4) is 0 Å². The number of fused-ring (bicyclic) bond motifs is 1. The highest BCUT2D eigenvalue weighted by atomic mass is 19.2. The van der Waals surface area contributed by atoms with Crippen molar-refractivity contribution in [1.82, 2.24) is 15.5 Å². The fraction of sp³-hybridized carbons (Fsp3) is 0.116. The molecule has 494 valence electrons. The van der Waals surface area contributed by atoms with Gasteiger partial charge in [0.1, 0.15) is 12.3 Å². The Morgan fingerprint density at radius 2 is 1.01 bits per heavy atom. The first-order valence-electron chi connectivity index (χ1n) is 27.7. The molecule has 0 spiro atoms. The van der Waals surface area contributed by atoms with Crippen LogP contribution in [-0.2, 0) is 0 Å². The molecule has 0 aliphatic carbocycles. The van der Waals surface area contributed by atoms with Gasteiger partial charge in [0.25, 0.3) is 5.91 Å². The quantitative estimate of drug-likeness (QED) is 0.0151.